The summed E-state index contributed by atoms with van der Waals surface area (Å²) in [6, 6.07) is 15.7. The van der Waals surface area contributed by atoms with Gasteiger partial charge in [0.15, 0.2) is 0 Å². The van der Waals surface area contributed by atoms with Crippen molar-refractivity contribution in [3.8, 4) is 23.3 Å². The number of rotatable bonds is 13. The molecular weight excluding hydrogens is 795 g/mol. The summed E-state index contributed by atoms with van der Waals surface area (Å²) in [6.45, 7) is 5.50. The number of hydrogen-bond donors (Lipinski definition) is 5. The number of nitrogens with one attached hydrogen (secondary N) is 4. The van der Waals surface area contributed by atoms with E-state index in [-0.39, 0.29) is 49.7 Å². The molecule has 1 saturated heterocycles. The van der Waals surface area contributed by atoms with Gasteiger partial charge in [0.2, 0.25) is 5.91 Å². The Morgan fingerprint density at radius 3 is 2.56 bits per heavy atom. The number of ether oxygens (including phenoxy) is 2. The average Bonchev–Trinajstić information content (AvgIpc) is 3.55. The quantitative estimate of drug-likeness (QED) is 0.0835. The third-order valence-electron chi connectivity index (χ3n) is 11.1. The van der Waals surface area contributed by atoms with Crippen LogP contribution in [0, 0.1) is 17.8 Å². The molecule has 3 heterocycles. The molecule has 1 aromatic heterocycles. The molecule has 0 saturated carbocycles. The lowest BCUT2D eigenvalue weighted by Gasteiger charge is -2.37. The molecule has 2 amide bonds. The van der Waals surface area contributed by atoms with Crippen molar-refractivity contribution in [2.24, 2.45) is 5.92 Å². The van der Waals surface area contributed by atoms with Crippen LogP contribution in [0.25, 0.3) is 10.9 Å². The predicted octanol–water partition coefficient (Wildman–Crippen LogP) is 5.82. The average molecular weight is 850 g/mol. The maximum atomic E-state index is 14.9. The zero-order chi connectivity index (χ0) is 44.0. The van der Waals surface area contributed by atoms with Crippen molar-refractivity contribution >= 4 is 39.8 Å². The van der Waals surface area contributed by atoms with Gasteiger partial charge in [-0.2, -0.15) is 13.2 Å². The molecule has 61 heavy (non-hydrogen) atoms. The van der Waals surface area contributed by atoms with Gasteiger partial charge in [-0.15, -0.1) is 0 Å². The van der Waals surface area contributed by atoms with E-state index in [0.717, 1.165) is 15.8 Å². The summed E-state index contributed by atoms with van der Waals surface area (Å²) >= 11 is 0. The van der Waals surface area contributed by atoms with Crippen LogP contribution in [-0.4, -0.2) is 117 Å². The fourth-order valence-electron chi connectivity index (χ4n) is 8.06. The Morgan fingerprint density at radius 1 is 1.07 bits per heavy atom. The minimum atomic E-state index is -4.51. The molecule has 0 unspecified atom stereocenters. The van der Waals surface area contributed by atoms with Crippen LogP contribution in [0.2, 0.25) is 0 Å². The second-order valence-corrected chi connectivity index (χ2v) is 16.2. The standard InChI is InChI=1S/C45H55F4N7O5/c1-27(2)42-44(59)52-31(25-57)19-29-12-14-33(22-40(29)55(42)5)61-28(3)23-51-43(58)30-13-15-41(60-6)38(20-30)50-17-8-9-32-21-34-36(53-37-16-18-54(4)24-35(37)46)10-7-11-39(34)56(32)26-45(47,48)49/h7,10-15,20-22,27-28,31,35,37,42,50,53,57H,16-19,23-26H2,1-6H3,(H,51,58)(H,52,59)/t28-,31-,35-,37+,42-/m0/s1. The molecule has 0 spiro atoms. The Balaban J connectivity index is 1.11. The molecule has 5 atom stereocenters. The lowest BCUT2D eigenvalue weighted by Crippen LogP contribution is -2.54. The number of likely N-dealkylation sites (tertiary alicyclic amines) is 1. The predicted molar refractivity (Wildman–Crippen MR) is 229 cm³/mol. The third kappa shape index (κ3) is 11.0. The van der Waals surface area contributed by atoms with E-state index in [1.165, 1.54) is 7.11 Å². The van der Waals surface area contributed by atoms with Crippen LogP contribution in [0.3, 0.4) is 0 Å². The molecule has 0 aliphatic carbocycles. The van der Waals surface area contributed by atoms with E-state index in [2.05, 4.69) is 33.1 Å². The molecule has 328 valence electrons. The Hall–Kier alpha value is -5.66. The molecule has 0 radical (unpaired) electrons. The number of nitrogens with zero attached hydrogens (tertiary/aromatic N) is 3. The van der Waals surface area contributed by atoms with Gasteiger partial charge in [-0.25, -0.2) is 4.39 Å². The minimum Gasteiger partial charge on any atom is -0.495 e. The number of aliphatic hydroxyl groups excluding tert-OH is 1. The van der Waals surface area contributed by atoms with Gasteiger partial charge < -0.3 is 50.2 Å². The fourth-order valence-corrected chi connectivity index (χ4v) is 8.06. The van der Waals surface area contributed by atoms with Crippen LogP contribution in [0.1, 0.15) is 48.8 Å². The Morgan fingerprint density at radius 2 is 1.85 bits per heavy atom. The maximum absolute atomic E-state index is 14.9. The SMILES string of the molecule is COc1ccc(C(=O)NC[C@H](C)Oc2ccc3c(c2)N(C)[C@@H](C(C)C)C(=O)N[C@H](CO)C3)cc1NCC#Cc1cc2c(N[C@@H]3CCN(C)C[C@@H]3F)cccc2n1CC(F)(F)F. The van der Waals surface area contributed by atoms with Crippen molar-refractivity contribution in [3.05, 3.63) is 77.5 Å². The lowest BCUT2D eigenvalue weighted by molar-refractivity contribution is -0.140. The Labute approximate surface area is 353 Å². The van der Waals surface area contributed by atoms with E-state index >= 15 is 0 Å². The number of anilines is 3. The number of aliphatic hydroxyl groups is 1. The molecule has 5 N–H and O–H groups in total. The number of likely N-dealkylation sites (N-methyl/N-ethyl adjacent to an activating group) is 1. The topological polar surface area (TPSA) is 132 Å². The molecule has 4 aromatic rings. The van der Waals surface area contributed by atoms with Crippen LogP contribution >= 0.6 is 0 Å². The summed E-state index contributed by atoms with van der Waals surface area (Å²) in [4.78, 5) is 30.2. The van der Waals surface area contributed by atoms with E-state index in [0.29, 0.717) is 58.7 Å². The monoisotopic (exact) mass is 849 g/mol. The molecule has 2 aliphatic rings. The Kier molecular flexibility index (Phi) is 14.3. The van der Waals surface area contributed by atoms with Gasteiger partial charge in [0.25, 0.3) is 5.91 Å². The Bertz CT molecular complexity index is 2250. The van der Waals surface area contributed by atoms with Crippen molar-refractivity contribution in [2.75, 3.05) is 69.5 Å². The van der Waals surface area contributed by atoms with Crippen molar-refractivity contribution in [3.63, 3.8) is 0 Å². The number of amides is 2. The highest BCUT2D eigenvalue weighted by Gasteiger charge is 2.33. The number of methoxy groups -OCH3 is 1. The first-order valence-electron chi connectivity index (χ1n) is 20.5. The van der Waals surface area contributed by atoms with Crippen molar-refractivity contribution in [1.29, 1.82) is 0 Å². The highest BCUT2D eigenvalue weighted by atomic mass is 19.4. The third-order valence-corrected chi connectivity index (χ3v) is 11.1. The summed E-state index contributed by atoms with van der Waals surface area (Å²) < 4.78 is 69.2. The number of carbonyl (C=O) groups excluding carboxylic acids is 2. The summed E-state index contributed by atoms with van der Waals surface area (Å²) in [5.74, 6) is 6.28. The molecule has 12 nitrogen and oxygen atoms in total. The minimum absolute atomic E-state index is 0.00115. The number of carbonyl (C=O) groups is 2. The second-order valence-electron chi connectivity index (χ2n) is 16.2. The van der Waals surface area contributed by atoms with Crippen LogP contribution in [0.5, 0.6) is 11.5 Å². The van der Waals surface area contributed by atoms with Crippen LogP contribution in [0.4, 0.5) is 34.6 Å². The second kappa shape index (κ2) is 19.4. The first-order chi connectivity index (χ1) is 29.0. The van der Waals surface area contributed by atoms with Gasteiger partial charge in [-0.1, -0.05) is 31.9 Å². The summed E-state index contributed by atoms with van der Waals surface area (Å²) in [5, 5.41) is 22.6. The number of aromatic nitrogens is 1. The summed E-state index contributed by atoms with van der Waals surface area (Å²) in [5.41, 5.74) is 3.60. The van der Waals surface area contributed by atoms with E-state index in [4.69, 9.17) is 9.47 Å². The zero-order valence-corrected chi connectivity index (χ0v) is 35.3. The van der Waals surface area contributed by atoms with Gasteiger partial charge in [-0.3, -0.25) is 9.59 Å². The van der Waals surface area contributed by atoms with Gasteiger partial charge >= 0.3 is 6.18 Å². The van der Waals surface area contributed by atoms with Crippen molar-refractivity contribution in [1.82, 2.24) is 20.1 Å². The first kappa shape index (κ1) is 44.9. The van der Waals surface area contributed by atoms with Crippen LogP contribution < -0.4 is 35.6 Å². The van der Waals surface area contributed by atoms with Gasteiger partial charge in [-0.05, 0) is 86.7 Å². The fraction of sp³-hybridized carbons (Fsp3) is 0.467. The highest BCUT2D eigenvalue weighted by Crippen LogP contribution is 2.33. The molecule has 16 heteroatoms. The molecule has 6 rings (SSSR count). The number of halogens is 4. The maximum Gasteiger partial charge on any atom is 0.406 e. The van der Waals surface area contributed by atoms with Gasteiger partial charge in [0.05, 0.1) is 55.8 Å². The molecule has 0 bridgehead atoms. The van der Waals surface area contributed by atoms with Gasteiger partial charge in [0.1, 0.15) is 36.4 Å². The highest BCUT2D eigenvalue weighted by molar-refractivity contribution is 5.96. The molecule has 2 aliphatic heterocycles. The van der Waals surface area contributed by atoms with E-state index in [1.807, 2.05) is 62.9 Å². The smallest absolute Gasteiger partial charge is 0.406 e. The number of piperidine rings is 1. The van der Waals surface area contributed by atoms with E-state index < -0.39 is 43.1 Å². The van der Waals surface area contributed by atoms with Crippen molar-refractivity contribution in [2.45, 2.75) is 76.7 Å². The molecular formula is C45H55F4N7O5. The normalized spacial score (nSPS) is 20.1. The largest absolute Gasteiger partial charge is 0.495 e. The number of benzene rings is 3. The van der Waals surface area contributed by atoms with Crippen LogP contribution in [0.15, 0.2) is 60.7 Å². The zero-order valence-electron chi connectivity index (χ0n) is 35.3. The number of fused-ring (bicyclic) bond motifs is 2. The molecule has 3 aromatic carbocycles. The van der Waals surface area contributed by atoms with Gasteiger partial charge in [0, 0.05) is 48.5 Å². The summed E-state index contributed by atoms with van der Waals surface area (Å²) in [6.07, 6.45) is -5.07. The van der Waals surface area contributed by atoms with Crippen molar-refractivity contribution < 1.29 is 41.7 Å². The number of alkyl halides is 4. The first-order valence-corrected chi connectivity index (χ1v) is 20.5. The molecule has 1 fully saturated rings. The van der Waals surface area contributed by atoms with E-state index in [1.54, 1.807) is 42.5 Å². The lowest BCUT2D eigenvalue weighted by atomic mass is 9.95. The summed E-state index contributed by atoms with van der Waals surface area (Å²) in [7, 11) is 5.20. The van der Waals surface area contributed by atoms with Crippen LogP contribution in [-0.2, 0) is 17.8 Å². The number of hydrogen-bond acceptors (Lipinski definition) is 9. The van der Waals surface area contributed by atoms with E-state index in [9.17, 15) is 32.3 Å².